The average Bonchev–Trinajstić information content (AvgIpc) is 3.24. The number of para-hydroxylation sites is 2. The highest BCUT2D eigenvalue weighted by atomic mass is 16.5. The summed E-state index contributed by atoms with van der Waals surface area (Å²) in [6.45, 7) is 2.18. The molecule has 256 valence electrons. The van der Waals surface area contributed by atoms with Crippen molar-refractivity contribution in [3.63, 3.8) is 0 Å². The highest BCUT2D eigenvalue weighted by Crippen LogP contribution is 2.46. The fourth-order valence-corrected chi connectivity index (χ4v) is 8.39. The van der Waals surface area contributed by atoms with Crippen LogP contribution < -0.4 is 30.9 Å². The van der Waals surface area contributed by atoms with Gasteiger partial charge < -0.3 is 14.5 Å². The first-order valence-corrected chi connectivity index (χ1v) is 18.6. The molecule has 10 rings (SSSR count). The molecular formula is C50H37BN2O. The maximum Gasteiger partial charge on any atom is 0.252 e. The van der Waals surface area contributed by atoms with Gasteiger partial charge in [-0.25, -0.2) is 0 Å². The Labute approximate surface area is 317 Å². The molecule has 0 saturated carbocycles. The van der Waals surface area contributed by atoms with Crippen molar-refractivity contribution in [1.82, 2.24) is 0 Å². The van der Waals surface area contributed by atoms with Crippen LogP contribution in [-0.4, -0.2) is 13.8 Å². The number of hydrogen-bond acceptors (Lipinski definition) is 3. The summed E-state index contributed by atoms with van der Waals surface area (Å²) in [5, 5.41) is 0. The summed E-state index contributed by atoms with van der Waals surface area (Å²) in [5.41, 5.74) is 19.3. The van der Waals surface area contributed by atoms with Crippen molar-refractivity contribution < 1.29 is 4.74 Å². The van der Waals surface area contributed by atoms with E-state index in [9.17, 15) is 0 Å². The molecule has 3 nitrogen and oxygen atoms in total. The highest BCUT2D eigenvalue weighted by molar-refractivity contribution is 7.00. The number of fused-ring (bicyclic) bond motifs is 4. The molecule has 0 aromatic heterocycles. The third-order valence-electron chi connectivity index (χ3n) is 11.0. The zero-order valence-electron chi connectivity index (χ0n) is 30.3. The molecular weight excluding hydrogens is 655 g/mol. The van der Waals surface area contributed by atoms with Crippen LogP contribution in [0.15, 0.2) is 188 Å². The third kappa shape index (κ3) is 5.30. The fraction of sp³-hybridized carbons (Fsp3) is 0.0400. The van der Waals surface area contributed by atoms with E-state index in [1.165, 1.54) is 67.0 Å². The van der Waals surface area contributed by atoms with E-state index in [0.29, 0.717) is 0 Å². The van der Waals surface area contributed by atoms with Crippen molar-refractivity contribution in [1.29, 1.82) is 0 Å². The van der Waals surface area contributed by atoms with Crippen molar-refractivity contribution in [3.05, 3.63) is 194 Å². The minimum atomic E-state index is 0.0244. The summed E-state index contributed by atoms with van der Waals surface area (Å²) in [6.07, 6.45) is 0. The summed E-state index contributed by atoms with van der Waals surface area (Å²) in [7, 11) is 1.72. The van der Waals surface area contributed by atoms with Gasteiger partial charge in [-0.2, -0.15) is 0 Å². The molecule has 0 unspecified atom stereocenters. The van der Waals surface area contributed by atoms with Gasteiger partial charge in [-0.15, -0.1) is 0 Å². The smallest absolute Gasteiger partial charge is 0.252 e. The normalized spacial score (nSPS) is 12.5. The van der Waals surface area contributed by atoms with Crippen LogP contribution in [-0.2, 0) is 0 Å². The molecule has 2 aliphatic heterocycles. The van der Waals surface area contributed by atoms with Gasteiger partial charge in [-0.05, 0) is 117 Å². The molecule has 0 fully saturated rings. The lowest BCUT2D eigenvalue weighted by Gasteiger charge is -2.44. The maximum absolute atomic E-state index is 5.55. The van der Waals surface area contributed by atoms with E-state index in [-0.39, 0.29) is 6.71 Å². The highest BCUT2D eigenvalue weighted by Gasteiger charge is 2.43. The van der Waals surface area contributed by atoms with E-state index in [1.54, 1.807) is 7.11 Å². The first kappa shape index (κ1) is 31.9. The Kier molecular flexibility index (Phi) is 7.69. The summed E-state index contributed by atoms with van der Waals surface area (Å²) in [6, 6.07) is 68.6. The monoisotopic (exact) mass is 692 g/mol. The molecule has 8 aromatic carbocycles. The minimum absolute atomic E-state index is 0.0244. The van der Waals surface area contributed by atoms with Gasteiger partial charge in [0.1, 0.15) is 5.75 Å². The van der Waals surface area contributed by atoms with Crippen LogP contribution >= 0.6 is 0 Å². The fourth-order valence-electron chi connectivity index (χ4n) is 8.39. The summed E-state index contributed by atoms with van der Waals surface area (Å²) in [5.74, 6) is 0.846. The quantitative estimate of drug-likeness (QED) is 0.161. The van der Waals surface area contributed by atoms with Gasteiger partial charge in [-0.1, -0.05) is 133 Å². The van der Waals surface area contributed by atoms with E-state index in [4.69, 9.17) is 4.74 Å². The SMILES string of the molecule is COc1ccc(-c2cc3c4c(c2)N(c2ccc(C)cc2)c2ccc(-c5ccc(-c6ccccc6)cc5)cc2B4c2ccccc2N3c2ccccc2)cc1. The largest absolute Gasteiger partial charge is 0.497 e. The number of nitrogens with zero attached hydrogens (tertiary/aromatic N) is 2. The van der Waals surface area contributed by atoms with E-state index < -0.39 is 0 Å². The summed E-state index contributed by atoms with van der Waals surface area (Å²) >= 11 is 0. The van der Waals surface area contributed by atoms with Gasteiger partial charge in [0.05, 0.1) is 7.11 Å². The molecule has 4 heteroatoms. The minimum Gasteiger partial charge on any atom is -0.497 e. The Morgan fingerprint density at radius 1 is 0.389 bits per heavy atom. The Hall–Kier alpha value is -6.78. The average molecular weight is 693 g/mol. The van der Waals surface area contributed by atoms with Crippen LogP contribution in [0, 0.1) is 6.92 Å². The van der Waals surface area contributed by atoms with Crippen molar-refractivity contribution in [2.24, 2.45) is 0 Å². The van der Waals surface area contributed by atoms with E-state index in [0.717, 1.165) is 28.3 Å². The number of methoxy groups -OCH3 is 1. The number of anilines is 6. The van der Waals surface area contributed by atoms with E-state index in [2.05, 4.69) is 193 Å². The van der Waals surface area contributed by atoms with Crippen molar-refractivity contribution in [2.75, 3.05) is 16.9 Å². The molecule has 8 aromatic rings. The van der Waals surface area contributed by atoms with Crippen molar-refractivity contribution in [3.8, 4) is 39.1 Å². The van der Waals surface area contributed by atoms with Gasteiger partial charge in [0.15, 0.2) is 0 Å². The lowest BCUT2D eigenvalue weighted by molar-refractivity contribution is 0.415. The van der Waals surface area contributed by atoms with Crippen LogP contribution in [0.25, 0.3) is 33.4 Å². The molecule has 0 aliphatic carbocycles. The predicted molar refractivity (Wildman–Crippen MR) is 228 cm³/mol. The first-order valence-electron chi connectivity index (χ1n) is 18.6. The lowest BCUT2D eigenvalue weighted by atomic mass is 9.33. The standard InChI is InChI=1S/C50H37BN2O/c1-34-17-26-42(27-18-34)53-47-30-25-39(37-21-19-36(20-22-37)35-11-5-3-6-12-35)31-45(47)51-44-15-9-10-16-46(44)52(41-13-7-4-8-14-41)48-32-40(33-49(53)50(48)51)38-23-28-43(54-2)29-24-38/h3-33H,1-2H3. The van der Waals surface area contributed by atoms with E-state index in [1.807, 2.05) is 12.1 Å². The second-order valence-electron chi connectivity index (χ2n) is 14.2. The van der Waals surface area contributed by atoms with Crippen LogP contribution in [0.4, 0.5) is 34.1 Å². The second kappa shape index (κ2) is 13.0. The first-order chi connectivity index (χ1) is 26.6. The number of hydrogen-bond donors (Lipinski definition) is 0. The molecule has 2 heterocycles. The molecule has 0 atom stereocenters. The number of aryl methyl sites for hydroxylation is 1. The van der Waals surface area contributed by atoms with Crippen LogP contribution in [0.2, 0.25) is 0 Å². The van der Waals surface area contributed by atoms with Gasteiger partial charge in [-0.3, -0.25) is 0 Å². The molecule has 2 aliphatic rings. The molecule has 0 amide bonds. The van der Waals surface area contributed by atoms with Gasteiger partial charge in [0, 0.05) is 34.1 Å². The topological polar surface area (TPSA) is 15.7 Å². The Morgan fingerprint density at radius 2 is 0.889 bits per heavy atom. The van der Waals surface area contributed by atoms with Crippen LogP contribution in [0.3, 0.4) is 0 Å². The van der Waals surface area contributed by atoms with Gasteiger partial charge in [0.2, 0.25) is 0 Å². The third-order valence-corrected chi connectivity index (χ3v) is 11.0. The zero-order valence-corrected chi connectivity index (χ0v) is 30.3. The number of benzene rings is 8. The number of rotatable bonds is 6. The zero-order chi connectivity index (χ0) is 36.2. The second-order valence-corrected chi connectivity index (χ2v) is 14.2. The lowest BCUT2D eigenvalue weighted by Crippen LogP contribution is -2.61. The van der Waals surface area contributed by atoms with Crippen molar-refractivity contribution in [2.45, 2.75) is 6.92 Å². The molecule has 0 bridgehead atoms. The van der Waals surface area contributed by atoms with Crippen LogP contribution in [0.1, 0.15) is 5.56 Å². The Bertz CT molecular complexity index is 2640. The Morgan fingerprint density at radius 3 is 1.56 bits per heavy atom. The Balaban J connectivity index is 1.24. The molecule has 0 saturated heterocycles. The molecule has 0 spiro atoms. The summed E-state index contributed by atoms with van der Waals surface area (Å²) < 4.78 is 5.55. The summed E-state index contributed by atoms with van der Waals surface area (Å²) in [4.78, 5) is 4.94. The maximum atomic E-state index is 5.55. The predicted octanol–water partition coefficient (Wildman–Crippen LogP) is 11.1. The molecule has 54 heavy (non-hydrogen) atoms. The number of ether oxygens (including phenoxy) is 1. The van der Waals surface area contributed by atoms with Crippen LogP contribution in [0.5, 0.6) is 5.75 Å². The van der Waals surface area contributed by atoms with E-state index >= 15 is 0 Å². The van der Waals surface area contributed by atoms with Gasteiger partial charge >= 0.3 is 0 Å². The van der Waals surface area contributed by atoms with Crippen molar-refractivity contribution >= 4 is 57.2 Å². The molecule has 0 radical (unpaired) electrons. The molecule has 0 N–H and O–H groups in total. The van der Waals surface area contributed by atoms with Gasteiger partial charge in [0.25, 0.3) is 6.71 Å².